The summed E-state index contributed by atoms with van der Waals surface area (Å²) in [5.41, 5.74) is 2.08. The van der Waals surface area contributed by atoms with Gasteiger partial charge in [0.2, 0.25) is 0 Å². The Bertz CT molecular complexity index is 322. The first kappa shape index (κ1) is 7.83. The fourth-order valence-corrected chi connectivity index (χ4v) is 2.95. The van der Waals surface area contributed by atoms with Gasteiger partial charge in [-0.3, -0.25) is 5.32 Å². The molecule has 0 fully saturated rings. The maximum Gasteiger partial charge on any atom is 0.128 e. The second kappa shape index (κ2) is 3.29. The summed E-state index contributed by atoms with van der Waals surface area (Å²) in [6.07, 6.45) is 0. The van der Waals surface area contributed by atoms with E-state index in [2.05, 4.69) is 10.8 Å². The van der Waals surface area contributed by atoms with Crippen molar-refractivity contribution in [1.29, 1.82) is 0 Å². The van der Waals surface area contributed by atoms with Crippen molar-refractivity contribution in [3.05, 3.63) is 24.3 Å². The van der Waals surface area contributed by atoms with Crippen LogP contribution in [0.15, 0.2) is 29.2 Å². The van der Waals surface area contributed by atoms with Gasteiger partial charge in [-0.2, -0.15) is 0 Å². The summed E-state index contributed by atoms with van der Waals surface area (Å²) in [6, 6.07) is 7.55. The van der Waals surface area contributed by atoms with E-state index in [1.807, 2.05) is 18.2 Å². The molecule has 64 valence electrons. The van der Waals surface area contributed by atoms with Gasteiger partial charge >= 0.3 is 0 Å². The van der Waals surface area contributed by atoms with E-state index in [4.69, 9.17) is 0 Å². The molecule has 0 saturated heterocycles. The Morgan fingerprint density at radius 3 is 2.83 bits per heavy atom. The van der Waals surface area contributed by atoms with Crippen molar-refractivity contribution in [3.8, 4) is 5.75 Å². The quantitative estimate of drug-likeness (QED) is 0.642. The summed E-state index contributed by atoms with van der Waals surface area (Å²) < 4.78 is 0. The van der Waals surface area contributed by atoms with Crippen LogP contribution in [0.1, 0.15) is 0 Å². The minimum atomic E-state index is 0.112. The largest absolute Gasteiger partial charge is 0.507 e. The average Bonchev–Trinajstić information content (AvgIpc) is 2.57. The SMILES string of the molecule is Oc1ccccc1S1=CNCC1. The number of phenolic OH excluding ortho intramolecular Hbond substituents is 1. The molecule has 0 aliphatic carbocycles. The van der Waals surface area contributed by atoms with E-state index in [9.17, 15) is 5.11 Å². The predicted molar refractivity (Wildman–Crippen MR) is 52.9 cm³/mol. The molecule has 1 unspecified atom stereocenters. The van der Waals surface area contributed by atoms with Crippen molar-refractivity contribution in [3.63, 3.8) is 0 Å². The number of nitrogens with one attached hydrogen (secondary N) is 1. The van der Waals surface area contributed by atoms with Crippen LogP contribution in [0.4, 0.5) is 0 Å². The first-order chi connectivity index (χ1) is 5.88. The lowest BCUT2D eigenvalue weighted by molar-refractivity contribution is 0.462. The number of benzene rings is 1. The second-order valence-electron chi connectivity index (χ2n) is 2.67. The van der Waals surface area contributed by atoms with E-state index >= 15 is 0 Å². The smallest absolute Gasteiger partial charge is 0.128 e. The third-order valence-corrected chi connectivity index (χ3v) is 3.84. The molecule has 0 saturated carbocycles. The zero-order chi connectivity index (χ0) is 8.39. The van der Waals surface area contributed by atoms with Gasteiger partial charge in [-0.05, 0) is 12.1 Å². The molecule has 0 aromatic heterocycles. The van der Waals surface area contributed by atoms with Gasteiger partial charge in [0.15, 0.2) is 0 Å². The van der Waals surface area contributed by atoms with E-state index in [1.54, 1.807) is 6.07 Å². The molecule has 1 aliphatic rings. The van der Waals surface area contributed by atoms with Gasteiger partial charge in [-0.1, -0.05) is 12.1 Å². The Kier molecular flexibility index (Phi) is 2.15. The third kappa shape index (κ3) is 1.38. The minimum Gasteiger partial charge on any atom is -0.507 e. The molecule has 2 rings (SSSR count). The highest BCUT2D eigenvalue weighted by Crippen LogP contribution is 2.33. The van der Waals surface area contributed by atoms with Gasteiger partial charge in [0.05, 0.1) is 0 Å². The molecule has 1 heterocycles. The monoisotopic (exact) mass is 181 g/mol. The molecule has 0 amide bonds. The molecular weight excluding hydrogens is 170 g/mol. The van der Waals surface area contributed by atoms with E-state index < -0.39 is 0 Å². The number of hydrogen-bond acceptors (Lipinski definition) is 2. The highest BCUT2D eigenvalue weighted by molar-refractivity contribution is 8.15. The van der Waals surface area contributed by atoms with Crippen molar-refractivity contribution in [2.75, 3.05) is 12.3 Å². The third-order valence-electron chi connectivity index (χ3n) is 1.84. The Hall–Kier alpha value is -0.800. The van der Waals surface area contributed by atoms with Crippen LogP contribution in [0.3, 0.4) is 0 Å². The van der Waals surface area contributed by atoms with E-state index in [0.717, 1.165) is 17.2 Å². The first-order valence-corrected chi connectivity index (χ1v) is 5.38. The van der Waals surface area contributed by atoms with Gasteiger partial charge in [0.1, 0.15) is 5.75 Å². The van der Waals surface area contributed by atoms with Crippen molar-refractivity contribution >= 4 is 16.0 Å². The molecule has 3 heteroatoms. The van der Waals surface area contributed by atoms with E-state index in [-0.39, 0.29) is 10.5 Å². The molecule has 1 atom stereocenters. The van der Waals surface area contributed by atoms with E-state index in [0.29, 0.717) is 5.75 Å². The summed E-state index contributed by atoms with van der Waals surface area (Å²) >= 11 is 0. The summed E-state index contributed by atoms with van der Waals surface area (Å²) in [7, 11) is 0.112. The molecular formula is C9H11NOS. The van der Waals surface area contributed by atoms with Gasteiger partial charge in [-0.15, -0.1) is 10.5 Å². The highest BCUT2D eigenvalue weighted by atomic mass is 32.2. The Morgan fingerprint density at radius 1 is 1.33 bits per heavy atom. The number of hydrogen-bond donors (Lipinski definition) is 2. The average molecular weight is 181 g/mol. The van der Waals surface area contributed by atoms with Gasteiger partial charge in [0, 0.05) is 22.7 Å². The van der Waals surface area contributed by atoms with Crippen molar-refractivity contribution in [1.82, 2.24) is 5.32 Å². The van der Waals surface area contributed by atoms with Crippen LogP contribution < -0.4 is 5.32 Å². The maximum absolute atomic E-state index is 9.53. The molecule has 12 heavy (non-hydrogen) atoms. The fraction of sp³-hybridized carbons (Fsp3) is 0.222. The van der Waals surface area contributed by atoms with Crippen molar-refractivity contribution < 1.29 is 5.11 Å². The minimum absolute atomic E-state index is 0.112. The van der Waals surface area contributed by atoms with Crippen LogP contribution in [0.25, 0.3) is 0 Å². The van der Waals surface area contributed by atoms with Crippen LogP contribution >= 0.6 is 10.5 Å². The standard InChI is InChI=1S/C9H11NOS/c11-8-3-1-2-4-9(8)12-6-5-10-7-12/h1-4,7,10-11H,5-6H2. The Balaban J connectivity index is 2.39. The van der Waals surface area contributed by atoms with Crippen LogP contribution in [-0.2, 0) is 0 Å². The molecule has 0 radical (unpaired) electrons. The fourth-order valence-electron chi connectivity index (χ4n) is 1.24. The van der Waals surface area contributed by atoms with Crippen LogP contribution in [-0.4, -0.2) is 22.9 Å². The summed E-state index contributed by atoms with van der Waals surface area (Å²) in [6.45, 7) is 1.03. The van der Waals surface area contributed by atoms with Gasteiger partial charge in [0.25, 0.3) is 0 Å². The summed E-state index contributed by atoms with van der Waals surface area (Å²) in [5, 5.41) is 12.7. The Morgan fingerprint density at radius 2 is 2.17 bits per heavy atom. The molecule has 1 aliphatic heterocycles. The first-order valence-electron chi connectivity index (χ1n) is 3.92. The number of rotatable bonds is 1. The molecule has 2 N–H and O–H groups in total. The normalized spacial score (nSPS) is 22.2. The van der Waals surface area contributed by atoms with Crippen LogP contribution in [0, 0.1) is 0 Å². The van der Waals surface area contributed by atoms with Gasteiger partial charge in [-0.25, -0.2) is 0 Å². The molecule has 0 bridgehead atoms. The number of phenols is 1. The number of para-hydroxylation sites is 1. The second-order valence-corrected chi connectivity index (χ2v) is 4.61. The molecule has 1 aromatic carbocycles. The van der Waals surface area contributed by atoms with Crippen molar-refractivity contribution in [2.45, 2.75) is 4.90 Å². The zero-order valence-electron chi connectivity index (χ0n) is 6.66. The summed E-state index contributed by atoms with van der Waals surface area (Å²) in [4.78, 5) is 1.06. The van der Waals surface area contributed by atoms with Crippen LogP contribution in [0.2, 0.25) is 0 Å². The van der Waals surface area contributed by atoms with Crippen molar-refractivity contribution in [2.24, 2.45) is 0 Å². The zero-order valence-corrected chi connectivity index (χ0v) is 7.47. The molecule has 2 nitrogen and oxygen atoms in total. The molecule has 1 aromatic rings. The lowest BCUT2D eigenvalue weighted by atomic mass is 10.3. The lowest BCUT2D eigenvalue weighted by Gasteiger charge is -2.04. The summed E-state index contributed by atoms with van der Waals surface area (Å²) in [5.74, 6) is 1.53. The maximum atomic E-state index is 9.53. The Labute approximate surface area is 74.2 Å². The van der Waals surface area contributed by atoms with Gasteiger partial charge < -0.3 is 5.11 Å². The predicted octanol–water partition coefficient (Wildman–Crippen LogP) is 1.38. The highest BCUT2D eigenvalue weighted by Gasteiger charge is 2.07. The lowest BCUT2D eigenvalue weighted by Crippen LogP contribution is -2.04. The number of aromatic hydroxyl groups is 1. The van der Waals surface area contributed by atoms with Crippen LogP contribution in [0.5, 0.6) is 5.75 Å². The van der Waals surface area contributed by atoms with E-state index in [1.165, 1.54) is 0 Å². The molecule has 0 spiro atoms. The topological polar surface area (TPSA) is 32.3 Å².